The standard InChI is InChI=1S/C19H28N2O/c1-2-16-22-18-9-13-20(14-10-18)11-5-12-21-15-8-17-6-3-4-7-19(17)21/h3-4,6-8,15,18H,2,5,9-14,16H2,1H3. The minimum atomic E-state index is 0.504. The third kappa shape index (κ3) is 3.90. The van der Waals surface area contributed by atoms with Crippen molar-refractivity contribution in [1.82, 2.24) is 9.47 Å². The van der Waals surface area contributed by atoms with Crippen LogP contribution in [0.5, 0.6) is 0 Å². The largest absolute Gasteiger partial charge is 0.378 e. The Balaban J connectivity index is 1.41. The van der Waals surface area contributed by atoms with Crippen LogP contribution >= 0.6 is 0 Å². The smallest absolute Gasteiger partial charge is 0.0599 e. The number of benzene rings is 1. The van der Waals surface area contributed by atoms with Gasteiger partial charge < -0.3 is 14.2 Å². The number of ether oxygens (including phenoxy) is 1. The fraction of sp³-hybridized carbons (Fsp3) is 0.579. The van der Waals surface area contributed by atoms with E-state index < -0.39 is 0 Å². The highest BCUT2D eigenvalue weighted by molar-refractivity contribution is 5.79. The van der Waals surface area contributed by atoms with Crippen LogP contribution in [0.25, 0.3) is 10.9 Å². The quantitative estimate of drug-likeness (QED) is 0.771. The summed E-state index contributed by atoms with van der Waals surface area (Å²) in [5, 5.41) is 1.34. The summed E-state index contributed by atoms with van der Waals surface area (Å²) in [6, 6.07) is 10.8. The molecule has 0 radical (unpaired) electrons. The van der Waals surface area contributed by atoms with E-state index in [1.54, 1.807) is 0 Å². The minimum Gasteiger partial charge on any atom is -0.378 e. The zero-order chi connectivity index (χ0) is 15.2. The first-order chi connectivity index (χ1) is 10.9. The highest BCUT2D eigenvalue weighted by atomic mass is 16.5. The van der Waals surface area contributed by atoms with E-state index in [1.807, 2.05) is 0 Å². The zero-order valence-electron chi connectivity index (χ0n) is 13.7. The Bertz CT molecular complexity index is 570. The monoisotopic (exact) mass is 300 g/mol. The van der Waals surface area contributed by atoms with E-state index in [0.717, 1.165) is 19.6 Å². The van der Waals surface area contributed by atoms with Gasteiger partial charge in [-0.1, -0.05) is 25.1 Å². The summed E-state index contributed by atoms with van der Waals surface area (Å²) in [5.74, 6) is 0. The predicted octanol–water partition coefficient (Wildman–Crippen LogP) is 3.92. The molecule has 2 heterocycles. The number of likely N-dealkylation sites (tertiary alicyclic amines) is 1. The Labute approximate surface area is 133 Å². The molecule has 1 aromatic carbocycles. The topological polar surface area (TPSA) is 17.4 Å². The van der Waals surface area contributed by atoms with Gasteiger partial charge in [-0.15, -0.1) is 0 Å². The van der Waals surface area contributed by atoms with Gasteiger partial charge in [0.05, 0.1) is 6.10 Å². The van der Waals surface area contributed by atoms with E-state index in [9.17, 15) is 0 Å². The Hall–Kier alpha value is -1.32. The van der Waals surface area contributed by atoms with E-state index in [-0.39, 0.29) is 0 Å². The van der Waals surface area contributed by atoms with Gasteiger partial charge in [-0.05, 0) is 49.7 Å². The summed E-state index contributed by atoms with van der Waals surface area (Å²) in [7, 11) is 0. The number of hydrogen-bond donors (Lipinski definition) is 0. The maximum Gasteiger partial charge on any atom is 0.0599 e. The van der Waals surface area contributed by atoms with Crippen molar-refractivity contribution >= 4 is 10.9 Å². The first kappa shape index (κ1) is 15.6. The summed E-state index contributed by atoms with van der Waals surface area (Å²) in [6.07, 6.45) is 7.48. The van der Waals surface area contributed by atoms with Crippen LogP contribution in [0.2, 0.25) is 0 Å². The second-order valence-corrected chi connectivity index (χ2v) is 6.33. The van der Waals surface area contributed by atoms with Gasteiger partial charge in [0.2, 0.25) is 0 Å². The lowest BCUT2D eigenvalue weighted by Crippen LogP contribution is -2.37. The van der Waals surface area contributed by atoms with Crippen molar-refractivity contribution in [3.8, 4) is 0 Å². The van der Waals surface area contributed by atoms with E-state index >= 15 is 0 Å². The maximum absolute atomic E-state index is 5.86. The summed E-state index contributed by atoms with van der Waals surface area (Å²) >= 11 is 0. The van der Waals surface area contributed by atoms with Gasteiger partial charge in [0, 0.05) is 38.0 Å². The van der Waals surface area contributed by atoms with Crippen molar-refractivity contribution < 1.29 is 4.74 Å². The molecule has 1 fully saturated rings. The molecule has 1 aliphatic heterocycles. The second kappa shape index (κ2) is 7.80. The van der Waals surface area contributed by atoms with Gasteiger partial charge >= 0.3 is 0 Å². The molecule has 3 nitrogen and oxygen atoms in total. The predicted molar refractivity (Wildman–Crippen MR) is 92.3 cm³/mol. The molecular weight excluding hydrogens is 272 g/mol. The average molecular weight is 300 g/mol. The molecule has 0 aliphatic carbocycles. The average Bonchev–Trinajstić information content (AvgIpc) is 2.98. The lowest BCUT2D eigenvalue weighted by Gasteiger charge is -2.31. The van der Waals surface area contributed by atoms with Crippen LogP contribution in [-0.4, -0.2) is 41.8 Å². The molecule has 0 amide bonds. The Morgan fingerprint density at radius 2 is 1.91 bits per heavy atom. The molecule has 3 rings (SSSR count). The second-order valence-electron chi connectivity index (χ2n) is 6.33. The van der Waals surface area contributed by atoms with Gasteiger partial charge in [-0.25, -0.2) is 0 Å². The number of aryl methyl sites for hydroxylation is 1. The van der Waals surface area contributed by atoms with Crippen molar-refractivity contribution in [2.45, 2.75) is 45.3 Å². The Morgan fingerprint density at radius 1 is 1.09 bits per heavy atom. The molecule has 3 heteroatoms. The van der Waals surface area contributed by atoms with Gasteiger partial charge in [0.15, 0.2) is 0 Å². The van der Waals surface area contributed by atoms with Gasteiger partial charge in [0.1, 0.15) is 0 Å². The van der Waals surface area contributed by atoms with E-state index in [1.165, 1.54) is 49.8 Å². The van der Waals surface area contributed by atoms with E-state index in [0.29, 0.717) is 6.10 Å². The van der Waals surface area contributed by atoms with Crippen LogP contribution < -0.4 is 0 Å². The van der Waals surface area contributed by atoms with Gasteiger partial charge in [0.25, 0.3) is 0 Å². The molecule has 120 valence electrons. The van der Waals surface area contributed by atoms with E-state index in [4.69, 9.17) is 4.74 Å². The van der Waals surface area contributed by atoms with Crippen LogP contribution in [0, 0.1) is 0 Å². The minimum absolute atomic E-state index is 0.504. The number of nitrogens with zero attached hydrogens (tertiary/aromatic N) is 2. The van der Waals surface area contributed by atoms with Gasteiger partial charge in [-0.2, -0.15) is 0 Å². The van der Waals surface area contributed by atoms with E-state index in [2.05, 4.69) is 52.9 Å². The van der Waals surface area contributed by atoms with Crippen LogP contribution in [0.4, 0.5) is 0 Å². The molecule has 22 heavy (non-hydrogen) atoms. The van der Waals surface area contributed by atoms with Crippen LogP contribution in [0.3, 0.4) is 0 Å². The number of para-hydroxylation sites is 1. The van der Waals surface area contributed by atoms with Crippen molar-refractivity contribution in [1.29, 1.82) is 0 Å². The summed E-state index contributed by atoms with van der Waals surface area (Å²) in [5.41, 5.74) is 1.36. The van der Waals surface area contributed by atoms with Crippen LogP contribution in [-0.2, 0) is 11.3 Å². The number of rotatable bonds is 7. The normalized spacial score (nSPS) is 17.3. The molecule has 1 aliphatic rings. The zero-order valence-corrected chi connectivity index (χ0v) is 13.7. The highest BCUT2D eigenvalue weighted by Crippen LogP contribution is 2.17. The van der Waals surface area contributed by atoms with Crippen molar-refractivity contribution in [2.75, 3.05) is 26.2 Å². The fourth-order valence-corrected chi connectivity index (χ4v) is 3.38. The fourth-order valence-electron chi connectivity index (χ4n) is 3.38. The van der Waals surface area contributed by atoms with Crippen LogP contribution in [0.15, 0.2) is 36.5 Å². The van der Waals surface area contributed by atoms with Crippen molar-refractivity contribution in [3.63, 3.8) is 0 Å². The summed E-state index contributed by atoms with van der Waals surface area (Å²) < 4.78 is 8.24. The molecule has 1 saturated heterocycles. The Morgan fingerprint density at radius 3 is 2.73 bits per heavy atom. The van der Waals surface area contributed by atoms with Crippen molar-refractivity contribution in [3.05, 3.63) is 36.5 Å². The Kier molecular flexibility index (Phi) is 5.52. The number of piperidine rings is 1. The molecular formula is C19H28N2O. The lowest BCUT2D eigenvalue weighted by molar-refractivity contribution is 0.00759. The molecule has 2 aromatic rings. The number of hydrogen-bond acceptors (Lipinski definition) is 2. The molecule has 0 N–H and O–H groups in total. The van der Waals surface area contributed by atoms with Crippen LogP contribution in [0.1, 0.15) is 32.6 Å². The molecule has 0 spiro atoms. The maximum atomic E-state index is 5.86. The number of aromatic nitrogens is 1. The molecule has 0 bridgehead atoms. The number of fused-ring (bicyclic) bond motifs is 1. The van der Waals surface area contributed by atoms with Gasteiger partial charge in [-0.3, -0.25) is 0 Å². The SMILES string of the molecule is CCCOC1CCN(CCCn2ccc3ccccc32)CC1. The first-order valence-electron chi connectivity index (χ1n) is 8.74. The highest BCUT2D eigenvalue weighted by Gasteiger charge is 2.18. The van der Waals surface area contributed by atoms with Crippen molar-refractivity contribution in [2.24, 2.45) is 0 Å². The lowest BCUT2D eigenvalue weighted by atomic mass is 10.1. The third-order valence-corrected chi connectivity index (χ3v) is 4.65. The molecule has 0 unspecified atom stereocenters. The summed E-state index contributed by atoms with van der Waals surface area (Å²) in [6.45, 7) is 7.81. The molecule has 0 atom stereocenters. The molecule has 1 aromatic heterocycles. The third-order valence-electron chi connectivity index (χ3n) is 4.65. The summed E-state index contributed by atoms with van der Waals surface area (Å²) in [4.78, 5) is 2.59. The molecule has 0 saturated carbocycles. The first-order valence-corrected chi connectivity index (χ1v) is 8.74.